The van der Waals surface area contributed by atoms with Crippen LogP contribution in [0.2, 0.25) is 0 Å². The van der Waals surface area contributed by atoms with Crippen LogP contribution in [0.3, 0.4) is 0 Å². The Morgan fingerprint density at radius 3 is 2.87 bits per heavy atom. The molecular formula is C17H22N4OS. The van der Waals surface area contributed by atoms with E-state index >= 15 is 0 Å². The molecule has 0 aliphatic heterocycles. The van der Waals surface area contributed by atoms with Crippen molar-refractivity contribution in [3.8, 4) is 11.5 Å². The highest BCUT2D eigenvalue weighted by molar-refractivity contribution is 7.10. The van der Waals surface area contributed by atoms with Crippen LogP contribution in [0.5, 0.6) is 0 Å². The van der Waals surface area contributed by atoms with Crippen LogP contribution < -0.4 is 5.32 Å². The van der Waals surface area contributed by atoms with Gasteiger partial charge in [-0.15, -0.1) is 11.3 Å². The summed E-state index contributed by atoms with van der Waals surface area (Å²) in [7, 11) is 4.22. The molecule has 3 aromatic rings. The number of aromatic nitrogens is 2. The highest BCUT2D eigenvalue weighted by atomic mass is 32.1. The molecule has 0 fully saturated rings. The molecule has 1 atom stereocenters. The molecule has 0 unspecified atom stereocenters. The lowest BCUT2D eigenvalue weighted by Gasteiger charge is -2.23. The van der Waals surface area contributed by atoms with E-state index in [0.717, 1.165) is 35.9 Å². The lowest BCUT2D eigenvalue weighted by atomic mass is 10.2. The zero-order valence-corrected chi connectivity index (χ0v) is 14.5. The predicted octanol–water partition coefficient (Wildman–Crippen LogP) is 3.43. The van der Waals surface area contributed by atoms with E-state index < -0.39 is 0 Å². The van der Waals surface area contributed by atoms with E-state index in [1.165, 1.54) is 4.88 Å². The van der Waals surface area contributed by atoms with Gasteiger partial charge in [0.1, 0.15) is 11.5 Å². The Hall–Kier alpha value is -1.89. The van der Waals surface area contributed by atoms with Crippen molar-refractivity contribution < 1.29 is 4.42 Å². The number of furan rings is 1. The minimum absolute atomic E-state index is 0.371. The molecule has 0 aliphatic carbocycles. The fourth-order valence-corrected chi connectivity index (χ4v) is 3.51. The number of aromatic amines is 1. The summed E-state index contributed by atoms with van der Waals surface area (Å²) in [5.41, 5.74) is 2.06. The van der Waals surface area contributed by atoms with Gasteiger partial charge in [-0.05, 0) is 44.6 Å². The second-order valence-electron chi connectivity index (χ2n) is 5.81. The zero-order chi connectivity index (χ0) is 16.2. The summed E-state index contributed by atoms with van der Waals surface area (Å²) in [5.74, 6) is 1.73. The molecule has 5 nitrogen and oxygen atoms in total. The molecule has 2 N–H and O–H groups in total. The van der Waals surface area contributed by atoms with Crippen molar-refractivity contribution >= 4 is 11.3 Å². The van der Waals surface area contributed by atoms with Crippen LogP contribution in [0.25, 0.3) is 11.5 Å². The highest BCUT2D eigenvalue weighted by Gasteiger charge is 2.16. The molecule has 0 saturated heterocycles. The van der Waals surface area contributed by atoms with Crippen LogP contribution in [0.15, 0.2) is 40.3 Å². The fourth-order valence-electron chi connectivity index (χ4n) is 2.59. The van der Waals surface area contributed by atoms with Gasteiger partial charge in [-0.3, -0.25) is 5.10 Å². The third kappa shape index (κ3) is 3.72. The van der Waals surface area contributed by atoms with Gasteiger partial charge in [0.15, 0.2) is 5.76 Å². The first-order valence-electron chi connectivity index (χ1n) is 7.64. The van der Waals surface area contributed by atoms with Gasteiger partial charge in [0, 0.05) is 23.5 Å². The van der Waals surface area contributed by atoms with Crippen molar-refractivity contribution in [1.29, 1.82) is 0 Å². The summed E-state index contributed by atoms with van der Waals surface area (Å²) in [6.07, 6.45) is 1.86. The molecule has 0 bridgehead atoms. The minimum Gasteiger partial charge on any atom is -0.460 e. The Morgan fingerprint density at radius 1 is 1.35 bits per heavy atom. The number of aryl methyl sites for hydroxylation is 1. The molecule has 0 aliphatic rings. The highest BCUT2D eigenvalue weighted by Crippen LogP contribution is 2.24. The van der Waals surface area contributed by atoms with Gasteiger partial charge in [-0.1, -0.05) is 6.07 Å². The number of hydrogen-bond acceptors (Lipinski definition) is 5. The number of nitrogens with zero attached hydrogens (tertiary/aromatic N) is 2. The second kappa shape index (κ2) is 7.12. The summed E-state index contributed by atoms with van der Waals surface area (Å²) < 4.78 is 5.69. The molecule has 23 heavy (non-hydrogen) atoms. The van der Waals surface area contributed by atoms with Gasteiger partial charge in [0.25, 0.3) is 0 Å². The Balaban J connectivity index is 1.64. The maximum atomic E-state index is 5.69. The first-order valence-corrected chi connectivity index (χ1v) is 8.52. The van der Waals surface area contributed by atoms with E-state index in [1.807, 2.05) is 25.3 Å². The van der Waals surface area contributed by atoms with E-state index in [4.69, 9.17) is 4.42 Å². The second-order valence-corrected chi connectivity index (χ2v) is 6.79. The summed E-state index contributed by atoms with van der Waals surface area (Å²) >= 11 is 1.79. The van der Waals surface area contributed by atoms with E-state index in [0.29, 0.717) is 6.04 Å². The largest absolute Gasteiger partial charge is 0.460 e. The summed E-state index contributed by atoms with van der Waals surface area (Å²) in [4.78, 5) is 3.61. The van der Waals surface area contributed by atoms with Gasteiger partial charge >= 0.3 is 0 Å². The maximum Gasteiger partial charge on any atom is 0.152 e. The van der Waals surface area contributed by atoms with Crippen LogP contribution >= 0.6 is 11.3 Å². The van der Waals surface area contributed by atoms with Crippen molar-refractivity contribution in [2.45, 2.75) is 19.5 Å². The first kappa shape index (κ1) is 16.0. The Bertz CT molecular complexity index is 729. The van der Waals surface area contributed by atoms with E-state index in [2.05, 4.69) is 52.0 Å². The number of nitrogens with one attached hydrogen (secondary N) is 2. The zero-order valence-electron chi connectivity index (χ0n) is 13.7. The smallest absolute Gasteiger partial charge is 0.152 e. The molecule has 0 amide bonds. The van der Waals surface area contributed by atoms with Crippen molar-refractivity contribution in [1.82, 2.24) is 20.4 Å². The number of thiophene rings is 1. The summed E-state index contributed by atoms with van der Waals surface area (Å²) in [6.45, 7) is 3.58. The standard InChI is InChI=1S/C17H22N4OS/c1-12-6-7-15(22-12)17-13(10-19-20-17)9-18-11-14(21(2)3)16-5-4-8-23-16/h4-8,10,14,18H,9,11H2,1-3H3,(H,19,20)/t14-/m0/s1. The van der Waals surface area contributed by atoms with Gasteiger partial charge in [-0.2, -0.15) is 5.10 Å². The third-order valence-electron chi connectivity index (χ3n) is 3.85. The van der Waals surface area contributed by atoms with E-state index in [9.17, 15) is 0 Å². The lowest BCUT2D eigenvalue weighted by Crippen LogP contribution is -2.30. The van der Waals surface area contributed by atoms with Crippen LogP contribution in [-0.2, 0) is 6.54 Å². The molecule has 0 aromatic carbocycles. The van der Waals surface area contributed by atoms with Gasteiger partial charge in [0.2, 0.25) is 0 Å². The van der Waals surface area contributed by atoms with Crippen LogP contribution in [0.1, 0.15) is 22.2 Å². The molecule has 3 rings (SSSR count). The van der Waals surface area contributed by atoms with Gasteiger partial charge < -0.3 is 14.6 Å². The minimum atomic E-state index is 0.371. The topological polar surface area (TPSA) is 57.1 Å². The molecule has 122 valence electrons. The van der Waals surface area contributed by atoms with Gasteiger partial charge in [-0.25, -0.2) is 0 Å². The number of rotatable bonds is 7. The van der Waals surface area contributed by atoms with E-state index in [1.54, 1.807) is 11.3 Å². The molecule has 3 aromatic heterocycles. The third-order valence-corrected chi connectivity index (χ3v) is 4.83. The number of hydrogen-bond donors (Lipinski definition) is 2. The maximum absolute atomic E-state index is 5.69. The van der Waals surface area contributed by atoms with Crippen molar-refractivity contribution in [2.24, 2.45) is 0 Å². The quantitative estimate of drug-likeness (QED) is 0.697. The van der Waals surface area contributed by atoms with E-state index in [-0.39, 0.29) is 0 Å². The number of likely N-dealkylation sites (N-methyl/N-ethyl adjacent to an activating group) is 1. The Labute approximate surface area is 140 Å². The molecular weight excluding hydrogens is 308 g/mol. The average Bonchev–Trinajstić information content (AvgIpc) is 3.24. The average molecular weight is 330 g/mol. The van der Waals surface area contributed by atoms with Crippen molar-refractivity contribution in [3.63, 3.8) is 0 Å². The fraction of sp³-hybridized carbons (Fsp3) is 0.353. The van der Waals surface area contributed by atoms with Crippen molar-refractivity contribution in [2.75, 3.05) is 20.6 Å². The normalized spacial score (nSPS) is 12.9. The Kier molecular flexibility index (Phi) is 4.95. The summed E-state index contributed by atoms with van der Waals surface area (Å²) in [5, 5.41) is 12.9. The molecule has 6 heteroatoms. The summed E-state index contributed by atoms with van der Waals surface area (Å²) in [6, 6.07) is 8.60. The van der Waals surface area contributed by atoms with Crippen LogP contribution in [0, 0.1) is 6.92 Å². The molecule has 0 radical (unpaired) electrons. The monoisotopic (exact) mass is 330 g/mol. The molecule has 3 heterocycles. The van der Waals surface area contributed by atoms with Crippen LogP contribution in [0.4, 0.5) is 0 Å². The lowest BCUT2D eigenvalue weighted by molar-refractivity contribution is 0.292. The van der Waals surface area contributed by atoms with Crippen molar-refractivity contribution in [3.05, 3.63) is 52.0 Å². The molecule has 0 spiro atoms. The Morgan fingerprint density at radius 2 is 2.22 bits per heavy atom. The first-order chi connectivity index (χ1) is 11.1. The predicted molar refractivity (Wildman–Crippen MR) is 93.5 cm³/mol. The van der Waals surface area contributed by atoms with Gasteiger partial charge in [0.05, 0.1) is 12.2 Å². The molecule has 0 saturated carbocycles. The number of H-pyrrole nitrogens is 1. The van der Waals surface area contributed by atoms with Crippen LogP contribution in [-0.4, -0.2) is 35.7 Å². The SMILES string of the molecule is Cc1ccc(-c2[nH]ncc2CNC[C@@H](c2cccs2)N(C)C)o1.